The maximum Gasteiger partial charge on any atom is 0.251 e. The monoisotopic (exact) mass is 520 g/mol. The first-order valence-electron chi connectivity index (χ1n) is 12.9. The number of hydrogen-bond donors (Lipinski definition) is 3. The third kappa shape index (κ3) is 5.03. The van der Waals surface area contributed by atoms with Gasteiger partial charge in [-0.15, -0.1) is 0 Å². The molecule has 11 heteroatoms. The number of halogens is 3. The summed E-state index contributed by atoms with van der Waals surface area (Å²) in [5, 5.41) is 10.7. The first-order valence-corrected chi connectivity index (χ1v) is 12.9. The van der Waals surface area contributed by atoms with Crippen molar-refractivity contribution in [2.75, 3.05) is 18.4 Å². The number of piperidine rings is 1. The topological polar surface area (TPSA) is 101 Å². The maximum atomic E-state index is 14.1. The van der Waals surface area contributed by atoms with E-state index in [1.807, 2.05) is 6.20 Å². The van der Waals surface area contributed by atoms with Crippen LogP contribution in [0.15, 0.2) is 36.8 Å². The van der Waals surface area contributed by atoms with Gasteiger partial charge in [0.05, 0.1) is 17.4 Å². The van der Waals surface area contributed by atoms with Crippen LogP contribution >= 0.6 is 0 Å². The second-order valence-electron chi connectivity index (χ2n) is 9.80. The van der Waals surface area contributed by atoms with Gasteiger partial charge in [-0.25, -0.2) is 23.7 Å². The fourth-order valence-electron chi connectivity index (χ4n) is 5.03. The van der Waals surface area contributed by atoms with Gasteiger partial charge in [0, 0.05) is 42.0 Å². The summed E-state index contributed by atoms with van der Waals surface area (Å²) in [4.78, 5) is 21.8. The molecule has 1 saturated carbocycles. The molecule has 0 amide bonds. The summed E-state index contributed by atoms with van der Waals surface area (Å²) in [5.74, 6) is -3.12. The van der Waals surface area contributed by atoms with Crippen LogP contribution in [0.4, 0.5) is 24.8 Å². The number of nitrogens with zero attached hydrogens (tertiary/aromatic N) is 5. The van der Waals surface area contributed by atoms with Gasteiger partial charge in [0.1, 0.15) is 5.82 Å². The van der Waals surface area contributed by atoms with Crippen molar-refractivity contribution in [2.24, 2.45) is 0 Å². The highest BCUT2D eigenvalue weighted by atomic mass is 19.2. The minimum absolute atomic E-state index is 0.194. The molecule has 0 bridgehead atoms. The van der Waals surface area contributed by atoms with Gasteiger partial charge >= 0.3 is 0 Å². The van der Waals surface area contributed by atoms with Gasteiger partial charge in [-0.1, -0.05) is 6.42 Å². The molecule has 4 aromatic rings. The quantitative estimate of drug-likeness (QED) is 0.300. The van der Waals surface area contributed by atoms with E-state index in [2.05, 4.69) is 30.9 Å². The number of hydrogen-bond acceptors (Lipinski definition) is 8. The molecular formula is C27H27F3N8. The van der Waals surface area contributed by atoms with Crippen LogP contribution in [0, 0.1) is 17.6 Å². The average molecular weight is 521 g/mol. The molecule has 6 rings (SSSR count). The van der Waals surface area contributed by atoms with Crippen LogP contribution in [0.1, 0.15) is 49.3 Å². The van der Waals surface area contributed by atoms with Gasteiger partial charge in [0.25, 0.3) is 5.95 Å². The fourth-order valence-corrected chi connectivity index (χ4v) is 5.03. The standard InChI is InChI=1S/C27H27F3N8/c28-19-11-20(29)27(38-25(19)30)37-23-10-16(4-9-33-23)26-35-21-13-32-12-18(15-2-1-3-15)24(21)22(36-26)14-34-17-5-7-31-8-6-17/h4,9-13,15,17,31,34H,1-3,5-8,14H2,(H,33,37,38). The Kier molecular flexibility index (Phi) is 6.86. The number of fused-ring (bicyclic) bond motifs is 1. The average Bonchev–Trinajstić information content (AvgIpc) is 2.90. The van der Waals surface area contributed by atoms with Crippen LogP contribution in [-0.2, 0) is 6.54 Å². The van der Waals surface area contributed by atoms with E-state index in [4.69, 9.17) is 9.97 Å². The SMILES string of the molecule is Fc1cc(F)c(Nc2cc(-c3nc(CNC4CCNCC4)c4c(C5CCC5)cncc4n3)ccn2)nc1F. The van der Waals surface area contributed by atoms with Crippen LogP contribution in [0.5, 0.6) is 0 Å². The van der Waals surface area contributed by atoms with Gasteiger partial charge in [-0.2, -0.15) is 9.37 Å². The second kappa shape index (κ2) is 10.6. The summed E-state index contributed by atoms with van der Waals surface area (Å²) in [6.45, 7) is 2.58. The molecule has 0 spiro atoms. The molecule has 0 unspecified atom stereocenters. The van der Waals surface area contributed by atoms with Gasteiger partial charge in [0.2, 0.25) is 0 Å². The van der Waals surface area contributed by atoms with E-state index in [9.17, 15) is 13.2 Å². The third-order valence-electron chi connectivity index (χ3n) is 7.30. The molecule has 0 atom stereocenters. The predicted molar refractivity (Wildman–Crippen MR) is 137 cm³/mol. The van der Waals surface area contributed by atoms with E-state index in [-0.39, 0.29) is 5.82 Å². The van der Waals surface area contributed by atoms with E-state index in [0.29, 0.717) is 36.0 Å². The smallest absolute Gasteiger partial charge is 0.251 e. The maximum absolute atomic E-state index is 14.1. The summed E-state index contributed by atoms with van der Waals surface area (Å²) in [7, 11) is 0. The molecular weight excluding hydrogens is 493 g/mol. The Balaban J connectivity index is 1.36. The summed E-state index contributed by atoms with van der Waals surface area (Å²) in [5.41, 5.74) is 3.50. The molecule has 38 heavy (non-hydrogen) atoms. The van der Waals surface area contributed by atoms with E-state index < -0.39 is 23.4 Å². The van der Waals surface area contributed by atoms with Gasteiger partial charge < -0.3 is 16.0 Å². The lowest BCUT2D eigenvalue weighted by atomic mass is 9.79. The van der Waals surface area contributed by atoms with E-state index >= 15 is 0 Å². The number of nitrogens with one attached hydrogen (secondary N) is 3. The number of rotatable bonds is 7. The van der Waals surface area contributed by atoms with E-state index in [1.54, 1.807) is 18.3 Å². The Hall–Kier alpha value is -3.70. The lowest BCUT2D eigenvalue weighted by molar-refractivity contribution is 0.385. The zero-order chi connectivity index (χ0) is 26.1. The molecule has 196 valence electrons. The first kappa shape index (κ1) is 24.6. The molecule has 0 aromatic carbocycles. The molecule has 2 aliphatic rings. The summed E-state index contributed by atoms with van der Waals surface area (Å²) >= 11 is 0. The second-order valence-corrected chi connectivity index (χ2v) is 9.80. The molecule has 1 saturated heterocycles. The molecule has 5 heterocycles. The highest BCUT2D eigenvalue weighted by Gasteiger charge is 2.25. The third-order valence-corrected chi connectivity index (χ3v) is 7.30. The number of anilines is 2. The molecule has 4 aromatic heterocycles. The van der Waals surface area contributed by atoms with Crippen LogP contribution in [0.25, 0.3) is 22.3 Å². The summed E-state index contributed by atoms with van der Waals surface area (Å²) < 4.78 is 41.0. The Morgan fingerprint density at radius 3 is 2.58 bits per heavy atom. The lowest BCUT2D eigenvalue weighted by Crippen LogP contribution is -2.39. The van der Waals surface area contributed by atoms with Crippen LogP contribution in [0.3, 0.4) is 0 Å². The minimum atomic E-state index is -1.40. The molecule has 3 N–H and O–H groups in total. The van der Waals surface area contributed by atoms with Crippen molar-refractivity contribution in [1.29, 1.82) is 0 Å². The zero-order valence-corrected chi connectivity index (χ0v) is 20.6. The fraction of sp³-hybridized carbons (Fsp3) is 0.370. The van der Waals surface area contributed by atoms with Crippen molar-refractivity contribution < 1.29 is 13.2 Å². The van der Waals surface area contributed by atoms with E-state index in [0.717, 1.165) is 55.4 Å². The first-order chi connectivity index (χ1) is 18.5. The number of aromatic nitrogens is 5. The van der Waals surface area contributed by atoms with E-state index in [1.165, 1.54) is 18.2 Å². The van der Waals surface area contributed by atoms with Crippen molar-refractivity contribution >= 4 is 22.5 Å². The van der Waals surface area contributed by atoms with Crippen molar-refractivity contribution in [3.05, 3.63) is 65.6 Å². The summed E-state index contributed by atoms with van der Waals surface area (Å²) in [6.07, 6.45) is 10.8. The zero-order valence-electron chi connectivity index (χ0n) is 20.6. The largest absolute Gasteiger partial charge is 0.322 e. The van der Waals surface area contributed by atoms with Gasteiger partial charge in [-0.05, 0) is 62.4 Å². The minimum Gasteiger partial charge on any atom is -0.322 e. The number of pyridine rings is 3. The molecule has 0 radical (unpaired) electrons. The highest BCUT2D eigenvalue weighted by molar-refractivity contribution is 5.86. The molecule has 2 fully saturated rings. The highest BCUT2D eigenvalue weighted by Crippen LogP contribution is 2.40. The van der Waals surface area contributed by atoms with Crippen LogP contribution < -0.4 is 16.0 Å². The molecule has 1 aliphatic carbocycles. The molecule has 8 nitrogen and oxygen atoms in total. The van der Waals surface area contributed by atoms with Crippen molar-refractivity contribution in [1.82, 2.24) is 35.6 Å². The van der Waals surface area contributed by atoms with Crippen molar-refractivity contribution in [3.8, 4) is 11.4 Å². The van der Waals surface area contributed by atoms with Crippen molar-refractivity contribution in [2.45, 2.75) is 50.6 Å². The predicted octanol–water partition coefficient (Wildman–Crippen LogP) is 4.75. The Morgan fingerprint density at radius 2 is 1.79 bits per heavy atom. The Morgan fingerprint density at radius 1 is 0.947 bits per heavy atom. The lowest BCUT2D eigenvalue weighted by Gasteiger charge is -2.28. The van der Waals surface area contributed by atoms with Crippen LogP contribution in [0.2, 0.25) is 0 Å². The Labute approximate surface area is 217 Å². The van der Waals surface area contributed by atoms with Gasteiger partial charge in [-0.3, -0.25) is 4.98 Å². The van der Waals surface area contributed by atoms with Crippen molar-refractivity contribution in [3.63, 3.8) is 0 Å². The Bertz CT molecular complexity index is 1470. The normalized spacial score (nSPS) is 16.5. The van der Waals surface area contributed by atoms with Gasteiger partial charge in [0.15, 0.2) is 23.3 Å². The van der Waals surface area contributed by atoms with Crippen LogP contribution in [-0.4, -0.2) is 44.1 Å². The molecule has 1 aliphatic heterocycles. The summed E-state index contributed by atoms with van der Waals surface area (Å²) in [6, 6.07) is 4.22.